The number of ether oxygens (including phenoxy) is 1. The van der Waals surface area contributed by atoms with E-state index in [2.05, 4.69) is 5.10 Å². The minimum atomic E-state index is -1.12. The number of fused-ring (bicyclic) bond motifs is 1. The summed E-state index contributed by atoms with van der Waals surface area (Å²) in [5, 5.41) is 24.2. The lowest BCUT2D eigenvalue weighted by molar-refractivity contribution is 0.00897. The van der Waals surface area contributed by atoms with Gasteiger partial charge in [-0.1, -0.05) is 47.5 Å². The number of hydrogen-bond donors (Lipinski definition) is 2. The Kier molecular flexibility index (Phi) is 5.78. The summed E-state index contributed by atoms with van der Waals surface area (Å²) in [7, 11) is 0. The van der Waals surface area contributed by atoms with Crippen molar-refractivity contribution in [2.45, 2.75) is 12.6 Å². The third-order valence-corrected chi connectivity index (χ3v) is 4.39. The van der Waals surface area contributed by atoms with E-state index in [1.165, 1.54) is 0 Å². The molecule has 8 heteroatoms. The molecule has 1 aromatic heterocycles. The van der Waals surface area contributed by atoms with Crippen molar-refractivity contribution in [3.63, 3.8) is 0 Å². The van der Waals surface area contributed by atoms with Crippen molar-refractivity contribution in [2.24, 2.45) is 0 Å². The summed E-state index contributed by atoms with van der Waals surface area (Å²) in [6.45, 7) is -0.444. The van der Waals surface area contributed by atoms with Crippen LogP contribution < -0.4 is 0 Å². The van der Waals surface area contributed by atoms with Gasteiger partial charge in [-0.3, -0.25) is 4.68 Å². The zero-order valence-electron chi connectivity index (χ0n) is 13.6. The Labute approximate surface area is 159 Å². The smallest absolute Gasteiger partial charge is 0.359 e. The fourth-order valence-electron chi connectivity index (χ4n) is 2.50. The number of para-hydroxylation sites is 1. The molecule has 0 aliphatic rings. The van der Waals surface area contributed by atoms with Gasteiger partial charge in [0, 0.05) is 15.4 Å². The maximum Gasteiger partial charge on any atom is 0.359 e. The summed E-state index contributed by atoms with van der Waals surface area (Å²) in [6.07, 6.45) is -1.12. The van der Waals surface area contributed by atoms with Crippen molar-refractivity contribution < 1.29 is 19.7 Å². The molecule has 0 spiro atoms. The Hall–Kier alpha value is -2.12. The molecule has 136 valence electrons. The maximum atomic E-state index is 12.3. The van der Waals surface area contributed by atoms with E-state index in [1.807, 2.05) is 12.1 Å². The van der Waals surface area contributed by atoms with Crippen molar-refractivity contribution in [1.29, 1.82) is 0 Å². The molecular weight excluding hydrogens is 379 g/mol. The molecule has 6 nitrogen and oxygen atoms in total. The van der Waals surface area contributed by atoms with Crippen LogP contribution in [-0.4, -0.2) is 45.3 Å². The Balaban J connectivity index is 1.93. The Morgan fingerprint density at radius 2 is 2.00 bits per heavy atom. The van der Waals surface area contributed by atoms with Crippen LogP contribution in [0.15, 0.2) is 42.5 Å². The minimum absolute atomic E-state index is 0.135. The SMILES string of the molecule is O=C(OCC(O)CO)c1nn(Cc2ccc(Cl)cc2Cl)c2ccccc12. The number of aliphatic hydroxyl groups excluding tert-OH is 2. The van der Waals surface area contributed by atoms with Gasteiger partial charge in [0.15, 0.2) is 5.69 Å². The number of aliphatic hydroxyl groups is 2. The highest BCUT2D eigenvalue weighted by Crippen LogP contribution is 2.25. The number of nitrogens with zero attached hydrogens (tertiary/aromatic N) is 2. The van der Waals surface area contributed by atoms with Gasteiger partial charge in [-0.15, -0.1) is 0 Å². The number of aromatic nitrogens is 2. The second kappa shape index (κ2) is 8.05. The van der Waals surface area contributed by atoms with E-state index in [0.717, 1.165) is 11.1 Å². The first-order chi connectivity index (χ1) is 12.5. The van der Waals surface area contributed by atoms with Gasteiger partial charge in [0.25, 0.3) is 0 Å². The molecule has 0 aliphatic carbocycles. The normalized spacial score (nSPS) is 12.3. The van der Waals surface area contributed by atoms with Crippen molar-refractivity contribution in [3.05, 3.63) is 63.8 Å². The van der Waals surface area contributed by atoms with Crippen molar-refractivity contribution >= 4 is 40.1 Å². The number of esters is 1. The zero-order chi connectivity index (χ0) is 18.7. The van der Waals surface area contributed by atoms with E-state index < -0.39 is 18.7 Å². The number of rotatable bonds is 6. The Bertz CT molecular complexity index is 942. The predicted molar refractivity (Wildman–Crippen MR) is 98.7 cm³/mol. The van der Waals surface area contributed by atoms with Crippen LogP contribution in [0.2, 0.25) is 10.0 Å². The number of benzene rings is 2. The van der Waals surface area contributed by atoms with Gasteiger partial charge < -0.3 is 14.9 Å². The van der Waals surface area contributed by atoms with E-state index in [-0.39, 0.29) is 12.3 Å². The highest BCUT2D eigenvalue weighted by Gasteiger charge is 2.20. The first-order valence-corrected chi connectivity index (χ1v) is 8.60. The van der Waals surface area contributed by atoms with Crippen molar-refractivity contribution in [2.75, 3.05) is 13.2 Å². The molecule has 0 saturated heterocycles. The number of carbonyl (C=O) groups excluding carboxylic acids is 1. The van der Waals surface area contributed by atoms with E-state index in [1.54, 1.807) is 35.0 Å². The molecule has 2 aromatic carbocycles. The lowest BCUT2D eigenvalue weighted by Gasteiger charge is -2.07. The molecule has 0 saturated carbocycles. The van der Waals surface area contributed by atoms with Gasteiger partial charge in [-0.2, -0.15) is 5.10 Å². The Morgan fingerprint density at radius 1 is 1.23 bits per heavy atom. The monoisotopic (exact) mass is 394 g/mol. The molecule has 1 atom stereocenters. The van der Waals surface area contributed by atoms with Crippen LogP contribution in [0, 0.1) is 0 Å². The standard InChI is InChI=1S/C18H16Cl2N2O4/c19-12-6-5-11(15(20)7-12)8-22-16-4-2-1-3-14(16)17(21-22)18(25)26-10-13(24)9-23/h1-7,13,23-24H,8-10H2. The molecule has 1 heterocycles. The molecule has 1 unspecified atom stereocenters. The second-order valence-electron chi connectivity index (χ2n) is 5.69. The fraction of sp³-hybridized carbons (Fsp3) is 0.222. The summed E-state index contributed by atoms with van der Waals surface area (Å²) in [5.74, 6) is -0.672. The molecule has 3 aromatic rings. The highest BCUT2D eigenvalue weighted by molar-refractivity contribution is 6.35. The van der Waals surface area contributed by atoms with Gasteiger partial charge in [0.1, 0.15) is 12.7 Å². The van der Waals surface area contributed by atoms with Crippen molar-refractivity contribution in [3.8, 4) is 0 Å². The summed E-state index contributed by atoms with van der Waals surface area (Å²) in [5.41, 5.74) is 1.68. The van der Waals surface area contributed by atoms with Gasteiger partial charge in [0.2, 0.25) is 0 Å². The predicted octanol–water partition coefficient (Wildman–Crippen LogP) is 2.90. The summed E-state index contributed by atoms with van der Waals surface area (Å²) in [6, 6.07) is 12.4. The van der Waals surface area contributed by atoms with E-state index >= 15 is 0 Å². The van der Waals surface area contributed by atoms with Gasteiger partial charge >= 0.3 is 5.97 Å². The molecule has 0 amide bonds. The Morgan fingerprint density at radius 3 is 2.73 bits per heavy atom. The number of halogens is 2. The molecule has 2 N–H and O–H groups in total. The summed E-state index contributed by atoms with van der Waals surface area (Å²) >= 11 is 12.2. The van der Waals surface area contributed by atoms with Crippen LogP contribution in [0.1, 0.15) is 16.1 Å². The van der Waals surface area contributed by atoms with Gasteiger partial charge in [-0.25, -0.2) is 4.79 Å². The zero-order valence-corrected chi connectivity index (χ0v) is 15.1. The maximum absolute atomic E-state index is 12.3. The average molecular weight is 395 g/mol. The van der Waals surface area contributed by atoms with Crippen LogP contribution in [0.25, 0.3) is 10.9 Å². The quantitative estimate of drug-likeness (QED) is 0.627. The molecule has 0 bridgehead atoms. The first kappa shape index (κ1) is 18.7. The van der Waals surface area contributed by atoms with Crippen LogP contribution in [0.4, 0.5) is 0 Å². The average Bonchev–Trinajstić information content (AvgIpc) is 3.00. The van der Waals surface area contributed by atoms with Crippen LogP contribution in [0.5, 0.6) is 0 Å². The number of hydrogen-bond acceptors (Lipinski definition) is 5. The third-order valence-electron chi connectivity index (χ3n) is 3.80. The lowest BCUT2D eigenvalue weighted by atomic mass is 10.2. The highest BCUT2D eigenvalue weighted by atomic mass is 35.5. The summed E-state index contributed by atoms with van der Waals surface area (Å²) < 4.78 is 6.68. The third kappa shape index (κ3) is 3.99. The largest absolute Gasteiger partial charge is 0.458 e. The van der Waals surface area contributed by atoms with E-state index in [9.17, 15) is 9.90 Å². The molecule has 0 fully saturated rings. The molecule has 26 heavy (non-hydrogen) atoms. The van der Waals surface area contributed by atoms with E-state index in [0.29, 0.717) is 22.0 Å². The second-order valence-corrected chi connectivity index (χ2v) is 6.54. The van der Waals surface area contributed by atoms with Crippen LogP contribution in [-0.2, 0) is 11.3 Å². The molecule has 3 rings (SSSR count). The van der Waals surface area contributed by atoms with Gasteiger partial charge in [0.05, 0.1) is 18.7 Å². The summed E-state index contributed by atoms with van der Waals surface area (Å²) in [4.78, 5) is 12.3. The van der Waals surface area contributed by atoms with Crippen LogP contribution >= 0.6 is 23.2 Å². The lowest BCUT2D eigenvalue weighted by Crippen LogP contribution is -2.22. The molecule has 0 aliphatic heterocycles. The first-order valence-electron chi connectivity index (χ1n) is 7.85. The number of carbonyl (C=O) groups is 1. The van der Waals surface area contributed by atoms with Crippen LogP contribution in [0.3, 0.4) is 0 Å². The fourth-order valence-corrected chi connectivity index (χ4v) is 2.97. The molecular formula is C18H16Cl2N2O4. The topological polar surface area (TPSA) is 84.6 Å². The van der Waals surface area contributed by atoms with Crippen molar-refractivity contribution in [1.82, 2.24) is 9.78 Å². The molecule has 0 radical (unpaired) electrons. The van der Waals surface area contributed by atoms with E-state index in [4.69, 9.17) is 33.0 Å². The minimum Gasteiger partial charge on any atom is -0.458 e. The van der Waals surface area contributed by atoms with Gasteiger partial charge in [-0.05, 0) is 23.8 Å².